The van der Waals surface area contributed by atoms with Crippen LogP contribution in [0, 0.1) is 0 Å². The minimum absolute atomic E-state index is 0.353. The van der Waals surface area contributed by atoms with Gasteiger partial charge < -0.3 is 33.2 Å². The van der Waals surface area contributed by atoms with Gasteiger partial charge in [0.1, 0.15) is 30.1 Å². The van der Waals surface area contributed by atoms with Gasteiger partial charge in [-0.05, 0) is 39.7 Å². The molecule has 13 heteroatoms. The van der Waals surface area contributed by atoms with E-state index in [4.69, 9.17) is 33.2 Å². The lowest BCUT2D eigenvalue weighted by Crippen LogP contribution is -2.63. The molecule has 0 amide bonds. The fraction of sp³-hybridized carbons (Fsp3) is 0.731. The molecule has 0 bridgehead atoms. The van der Waals surface area contributed by atoms with Gasteiger partial charge >= 0.3 is 29.8 Å². The minimum atomic E-state index is -1.37. The molecule has 0 aromatic heterocycles. The van der Waals surface area contributed by atoms with E-state index >= 15 is 0 Å². The molecule has 39 heavy (non-hydrogen) atoms. The Kier molecular flexibility index (Phi) is 9.08. The van der Waals surface area contributed by atoms with Crippen molar-refractivity contribution in [2.75, 3.05) is 13.2 Å². The van der Waals surface area contributed by atoms with Gasteiger partial charge in [-0.2, -0.15) is 0 Å². The Hall–Kier alpha value is -3.03. The van der Waals surface area contributed by atoms with E-state index in [2.05, 4.69) is 0 Å². The van der Waals surface area contributed by atoms with E-state index in [1.807, 2.05) is 13.0 Å². The van der Waals surface area contributed by atoms with Crippen LogP contribution in [0.25, 0.3) is 0 Å². The maximum Gasteiger partial charge on any atom is 0.328 e. The molecule has 13 nitrogen and oxygen atoms in total. The van der Waals surface area contributed by atoms with Crippen LogP contribution in [-0.4, -0.2) is 96.0 Å². The largest absolute Gasteiger partial charge is 0.463 e. The first-order valence-electron chi connectivity index (χ1n) is 12.7. The van der Waals surface area contributed by atoms with Crippen molar-refractivity contribution < 1.29 is 57.1 Å². The summed E-state index contributed by atoms with van der Waals surface area (Å²) in [7, 11) is 0. The highest BCUT2D eigenvalue weighted by molar-refractivity contribution is 5.86. The fourth-order valence-corrected chi connectivity index (χ4v) is 4.66. The maximum absolute atomic E-state index is 13.0. The van der Waals surface area contributed by atoms with E-state index in [9.17, 15) is 24.0 Å². The highest BCUT2D eigenvalue weighted by atomic mass is 16.7. The van der Waals surface area contributed by atoms with Gasteiger partial charge in [-0.25, -0.2) is 4.79 Å². The highest BCUT2D eigenvalue weighted by Gasteiger charge is 2.65. The molecule has 0 radical (unpaired) electrons. The van der Waals surface area contributed by atoms with Crippen LogP contribution in [0.1, 0.15) is 61.8 Å². The number of esters is 5. The van der Waals surface area contributed by atoms with Crippen LogP contribution in [-0.2, 0) is 57.1 Å². The van der Waals surface area contributed by atoms with E-state index in [1.165, 1.54) is 6.92 Å². The van der Waals surface area contributed by atoms with Crippen LogP contribution in [0.2, 0.25) is 0 Å². The molecular formula is C26H37NO12. The van der Waals surface area contributed by atoms with Gasteiger partial charge in [0.25, 0.3) is 0 Å². The van der Waals surface area contributed by atoms with Crippen molar-refractivity contribution in [3.8, 4) is 0 Å². The quantitative estimate of drug-likeness (QED) is 0.182. The van der Waals surface area contributed by atoms with Crippen molar-refractivity contribution in [2.45, 2.75) is 110 Å². The molecular weight excluding hydrogens is 518 g/mol. The lowest BCUT2D eigenvalue weighted by atomic mass is 9.97. The molecule has 3 aliphatic rings. The van der Waals surface area contributed by atoms with E-state index in [0.29, 0.717) is 13.0 Å². The predicted octanol–water partition coefficient (Wildman–Crippen LogP) is 1.16. The Labute approximate surface area is 227 Å². The second-order valence-corrected chi connectivity index (χ2v) is 10.9. The topological polar surface area (TPSA) is 153 Å². The third-order valence-corrected chi connectivity index (χ3v) is 6.30. The number of rotatable bonds is 8. The Morgan fingerprint density at radius 1 is 0.923 bits per heavy atom. The van der Waals surface area contributed by atoms with Crippen molar-refractivity contribution in [2.24, 2.45) is 0 Å². The molecule has 0 aromatic rings. The molecule has 0 spiro atoms. The zero-order valence-electron chi connectivity index (χ0n) is 23.5. The fourth-order valence-electron chi connectivity index (χ4n) is 4.66. The third-order valence-electron chi connectivity index (χ3n) is 6.30. The van der Waals surface area contributed by atoms with E-state index in [0.717, 1.165) is 26.3 Å². The molecule has 0 aromatic carbocycles. The number of carbonyl (C=O) groups is 5. The number of fused-ring (bicyclic) bond motifs is 1. The molecule has 3 heterocycles. The first-order valence-corrected chi connectivity index (χ1v) is 12.7. The summed E-state index contributed by atoms with van der Waals surface area (Å²) < 4.78 is 39.4. The molecule has 0 aliphatic carbocycles. The zero-order valence-corrected chi connectivity index (χ0v) is 23.5. The SMILES string of the molecule is CC(=O)OC[C@H]1O[C@@H](O[C@H]2C(C)=CC[C@@]3(C(=O)OC(C)(C)C)CN23)[C@H](OC(C)=O)[C@@H](OC(C)=O)[C@@H]1OC(C)=O. The smallest absolute Gasteiger partial charge is 0.328 e. The standard InChI is InChI=1S/C26H37NO12/c1-13-9-10-26(24(32)39-25(6,7)8)12-27(26)22(13)38-23-21(36-17(5)31)20(35-16(4)30)19(34-15(3)29)18(37-23)11-33-14(2)28/h9,18-23H,10-12H2,1-8H3/t18-,19-,20+,21-,22+,23+,26+,27?/m1/s1. The van der Waals surface area contributed by atoms with Crippen molar-refractivity contribution in [3.63, 3.8) is 0 Å². The Morgan fingerprint density at radius 3 is 2.03 bits per heavy atom. The number of carbonyl (C=O) groups excluding carboxylic acids is 5. The van der Waals surface area contributed by atoms with Crippen LogP contribution in [0.3, 0.4) is 0 Å². The monoisotopic (exact) mass is 555 g/mol. The Bertz CT molecular complexity index is 1030. The molecule has 8 atom stereocenters. The molecule has 2 fully saturated rings. The first kappa shape index (κ1) is 30.5. The average Bonchev–Trinajstić information content (AvgIpc) is 3.53. The summed E-state index contributed by atoms with van der Waals surface area (Å²) >= 11 is 0. The molecule has 218 valence electrons. The normalized spacial score (nSPS) is 33.5. The second kappa shape index (κ2) is 11.6. The van der Waals surface area contributed by atoms with Crippen LogP contribution in [0.5, 0.6) is 0 Å². The molecule has 3 aliphatic heterocycles. The number of ether oxygens (including phenoxy) is 7. The highest BCUT2D eigenvalue weighted by Crippen LogP contribution is 2.47. The zero-order chi connectivity index (χ0) is 29.3. The summed E-state index contributed by atoms with van der Waals surface area (Å²) in [5, 5.41) is 0. The predicted molar refractivity (Wildman–Crippen MR) is 130 cm³/mol. The van der Waals surface area contributed by atoms with Crippen molar-refractivity contribution in [1.82, 2.24) is 4.90 Å². The summed E-state index contributed by atoms with van der Waals surface area (Å²) in [5.74, 6) is -3.23. The average molecular weight is 556 g/mol. The van der Waals surface area contributed by atoms with Crippen molar-refractivity contribution >= 4 is 29.8 Å². The lowest BCUT2D eigenvalue weighted by Gasteiger charge is -2.45. The van der Waals surface area contributed by atoms with Crippen molar-refractivity contribution in [3.05, 3.63) is 11.6 Å². The van der Waals surface area contributed by atoms with Gasteiger partial charge in [-0.15, -0.1) is 0 Å². The van der Waals surface area contributed by atoms with Gasteiger partial charge in [0.2, 0.25) is 6.29 Å². The van der Waals surface area contributed by atoms with Crippen molar-refractivity contribution in [1.29, 1.82) is 0 Å². The van der Waals surface area contributed by atoms with Crippen LogP contribution in [0.15, 0.2) is 11.6 Å². The molecule has 1 unspecified atom stereocenters. The number of nitrogens with zero attached hydrogens (tertiary/aromatic N) is 1. The van der Waals surface area contributed by atoms with E-state index in [1.54, 1.807) is 25.7 Å². The summed E-state index contributed by atoms with van der Waals surface area (Å²) in [6.45, 7) is 11.8. The molecule has 0 saturated carbocycles. The van der Waals surface area contributed by atoms with Gasteiger partial charge in [-0.3, -0.25) is 24.1 Å². The molecule has 3 rings (SSSR count). The number of hydrogen-bond acceptors (Lipinski definition) is 13. The van der Waals surface area contributed by atoms with Gasteiger partial charge in [0.15, 0.2) is 18.3 Å². The Morgan fingerprint density at radius 2 is 1.49 bits per heavy atom. The van der Waals surface area contributed by atoms with Crippen LogP contribution in [0.4, 0.5) is 0 Å². The van der Waals surface area contributed by atoms with Crippen LogP contribution >= 0.6 is 0 Å². The van der Waals surface area contributed by atoms with Gasteiger partial charge in [0, 0.05) is 34.2 Å². The number of hydrogen-bond donors (Lipinski definition) is 0. The first-order chi connectivity index (χ1) is 18.0. The lowest BCUT2D eigenvalue weighted by molar-refractivity contribution is -0.320. The van der Waals surface area contributed by atoms with Gasteiger partial charge in [-0.1, -0.05) is 6.08 Å². The summed E-state index contributed by atoms with van der Waals surface area (Å²) in [6.07, 6.45) is -5.02. The summed E-state index contributed by atoms with van der Waals surface area (Å²) in [4.78, 5) is 62.4. The summed E-state index contributed by atoms with van der Waals surface area (Å²) in [6, 6.07) is 0. The maximum atomic E-state index is 13.0. The Balaban J connectivity index is 1.94. The second-order valence-electron chi connectivity index (χ2n) is 10.9. The van der Waals surface area contributed by atoms with E-state index < -0.39 is 77.9 Å². The summed E-state index contributed by atoms with van der Waals surface area (Å²) in [5.41, 5.74) is -0.845. The minimum Gasteiger partial charge on any atom is -0.463 e. The third kappa shape index (κ3) is 7.34. The van der Waals surface area contributed by atoms with Crippen LogP contribution < -0.4 is 0 Å². The molecule has 0 N–H and O–H groups in total. The van der Waals surface area contributed by atoms with Gasteiger partial charge in [0.05, 0.1) is 0 Å². The van der Waals surface area contributed by atoms with E-state index in [-0.39, 0.29) is 6.61 Å². The molecule has 2 saturated heterocycles.